The van der Waals surface area contributed by atoms with Gasteiger partial charge in [0.15, 0.2) is 0 Å². The second-order valence-corrected chi connectivity index (χ2v) is 7.78. The van der Waals surface area contributed by atoms with Gasteiger partial charge in [0.25, 0.3) is 0 Å². The molecule has 2 atom stereocenters. The lowest BCUT2D eigenvalue weighted by atomic mass is 9.81. The Kier molecular flexibility index (Phi) is 5.27. The molecule has 1 saturated heterocycles. The normalized spacial score (nSPS) is 22.4. The van der Waals surface area contributed by atoms with Crippen LogP contribution in [0.1, 0.15) is 42.6 Å². The molecule has 2 N–H and O–H groups in total. The van der Waals surface area contributed by atoms with Crippen molar-refractivity contribution in [3.63, 3.8) is 0 Å². The van der Waals surface area contributed by atoms with Crippen molar-refractivity contribution >= 4 is 0 Å². The minimum Gasteiger partial charge on any atom is -0.497 e. The van der Waals surface area contributed by atoms with E-state index in [1.54, 1.807) is 13.2 Å². The number of nitrogens with zero attached hydrogens (tertiary/aromatic N) is 1. The van der Waals surface area contributed by atoms with E-state index in [0.717, 1.165) is 37.2 Å². The average Bonchev–Trinajstić information content (AvgIpc) is 2.70. The van der Waals surface area contributed by atoms with Crippen LogP contribution in [-0.2, 0) is 0 Å². The second kappa shape index (κ2) is 7.70. The summed E-state index contributed by atoms with van der Waals surface area (Å²) in [6.45, 7) is 2.07. The van der Waals surface area contributed by atoms with Crippen LogP contribution in [0.5, 0.6) is 11.5 Å². The Morgan fingerprint density at radius 3 is 2.79 bits per heavy atom. The zero-order valence-electron chi connectivity index (χ0n) is 16.0. The monoisotopic (exact) mass is 387 g/mol. The van der Waals surface area contributed by atoms with Crippen molar-refractivity contribution in [1.29, 1.82) is 0 Å². The number of hydrogen-bond donors (Lipinski definition) is 2. The number of rotatable bonds is 4. The highest BCUT2D eigenvalue weighted by molar-refractivity contribution is 5.38. The van der Waals surface area contributed by atoms with Crippen LogP contribution in [-0.4, -0.2) is 47.5 Å². The van der Waals surface area contributed by atoms with E-state index in [2.05, 4.69) is 4.90 Å². The first kappa shape index (κ1) is 19.2. The fraction of sp³-hybridized carbons (Fsp3) is 0.455. The Hall–Kier alpha value is -2.15. The maximum atomic E-state index is 13.5. The number of ether oxygens (including phenoxy) is 2. The molecule has 28 heavy (non-hydrogen) atoms. The van der Waals surface area contributed by atoms with Crippen molar-refractivity contribution in [3.8, 4) is 11.5 Å². The molecule has 6 heteroatoms. The minimum atomic E-state index is -0.714. The van der Waals surface area contributed by atoms with Crippen LogP contribution < -0.4 is 9.47 Å². The average molecular weight is 387 g/mol. The fourth-order valence-electron chi connectivity index (χ4n) is 4.26. The standard InChI is InChI=1S/C22H26FNO4/c1-27-17-4-2-3-15(11-17)20(26)14-24-9-7-22(8-10-24)13-19(25)18-12-16(23)5-6-21(18)28-22/h2-6,11-12,19-20,25-26H,7-10,13-14H2,1H3/t19-,20+/m0/s1. The highest BCUT2D eigenvalue weighted by Crippen LogP contribution is 2.44. The van der Waals surface area contributed by atoms with Crippen molar-refractivity contribution in [2.75, 3.05) is 26.7 Å². The fourth-order valence-corrected chi connectivity index (χ4v) is 4.26. The maximum Gasteiger partial charge on any atom is 0.126 e. The van der Waals surface area contributed by atoms with Crippen molar-refractivity contribution in [2.45, 2.75) is 37.1 Å². The summed E-state index contributed by atoms with van der Waals surface area (Å²) in [5, 5.41) is 21.1. The molecular weight excluding hydrogens is 361 g/mol. The molecule has 0 unspecified atom stereocenters. The van der Waals surface area contributed by atoms with Gasteiger partial charge in [-0.05, 0) is 48.7 Å². The van der Waals surface area contributed by atoms with Gasteiger partial charge >= 0.3 is 0 Å². The topological polar surface area (TPSA) is 62.2 Å². The van der Waals surface area contributed by atoms with Gasteiger partial charge in [0, 0.05) is 31.6 Å². The van der Waals surface area contributed by atoms with Gasteiger partial charge in [-0.1, -0.05) is 12.1 Å². The number of fused-ring (bicyclic) bond motifs is 1. The number of likely N-dealkylation sites (tertiary alicyclic amines) is 1. The number of hydrogen-bond acceptors (Lipinski definition) is 5. The van der Waals surface area contributed by atoms with E-state index in [1.807, 2.05) is 24.3 Å². The number of piperidine rings is 1. The van der Waals surface area contributed by atoms with E-state index < -0.39 is 17.8 Å². The number of β-amino-alcohol motifs (C(OH)–C–C–N with tert-alkyl or cyclic N) is 1. The Balaban J connectivity index is 1.38. The Morgan fingerprint density at radius 1 is 1.25 bits per heavy atom. The summed E-state index contributed by atoms with van der Waals surface area (Å²) in [7, 11) is 1.61. The van der Waals surface area contributed by atoms with E-state index in [-0.39, 0.29) is 5.82 Å². The van der Waals surface area contributed by atoms with Crippen LogP contribution in [0.4, 0.5) is 4.39 Å². The van der Waals surface area contributed by atoms with Crippen molar-refractivity contribution in [2.24, 2.45) is 0 Å². The smallest absolute Gasteiger partial charge is 0.126 e. The molecule has 1 fully saturated rings. The molecule has 4 rings (SSSR count). The third kappa shape index (κ3) is 3.85. The first-order valence-corrected chi connectivity index (χ1v) is 9.69. The van der Waals surface area contributed by atoms with Crippen LogP contribution in [0.15, 0.2) is 42.5 Å². The van der Waals surface area contributed by atoms with Gasteiger partial charge in [-0.15, -0.1) is 0 Å². The van der Waals surface area contributed by atoms with Gasteiger partial charge in [-0.25, -0.2) is 4.39 Å². The molecule has 2 aliphatic rings. The molecule has 0 radical (unpaired) electrons. The SMILES string of the molecule is COc1cccc([C@H](O)CN2CCC3(CC2)C[C@H](O)c2cc(F)ccc2O3)c1. The molecule has 2 aromatic rings. The first-order chi connectivity index (χ1) is 13.5. The highest BCUT2D eigenvalue weighted by atomic mass is 19.1. The van der Waals surface area contributed by atoms with Crippen molar-refractivity contribution in [3.05, 3.63) is 59.4 Å². The molecule has 2 heterocycles. The van der Waals surface area contributed by atoms with Crippen LogP contribution in [0.3, 0.4) is 0 Å². The molecular formula is C22H26FNO4. The molecule has 5 nitrogen and oxygen atoms in total. The number of benzene rings is 2. The lowest BCUT2D eigenvalue weighted by Gasteiger charge is -2.46. The maximum absolute atomic E-state index is 13.5. The van der Waals surface area contributed by atoms with E-state index in [4.69, 9.17) is 9.47 Å². The van der Waals surface area contributed by atoms with Gasteiger partial charge < -0.3 is 24.6 Å². The second-order valence-electron chi connectivity index (χ2n) is 7.78. The lowest BCUT2D eigenvalue weighted by Crippen LogP contribution is -2.51. The van der Waals surface area contributed by atoms with Gasteiger partial charge in [0.2, 0.25) is 0 Å². The molecule has 0 aromatic heterocycles. The third-order valence-corrected chi connectivity index (χ3v) is 5.90. The zero-order chi connectivity index (χ0) is 19.7. The minimum absolute atomic E-state index is 0.362. The first-order valence-electron chi connectivity index (χ1n) is 9.69. The van der Waals surface area contributed by atoms with Crippen LogP contribution in [0.2, 0.25) is 0 Å². The number of aliphatic hydroxyl groups is 2. The van der Waals surface area contributed by atoms with Crippen LogP contribution in [0.25, 0.3) is 0 Å². The molecule has 0 bridgehead atoms. The molecule has 1 spiro atoms. The number of methoxy groups -OCH3 is 1. The van der Waals surface area contributed by atoms with Gasteiger partial charge in [-0.3, -0.25) is 0 Å². The molecule has 0 amide bonds. The Labute approximate surface area is 164 Å². The van der Waals surface area contributed by atoms with E-state index >= 15 is 0 Å². The van der Waals surface area contributed by atoms with Gasteiger partial charge in [-0.2, -0.15) is 0 Å². The Bertz CT molecular complexity index is 835. The van der Waals surface area contributed by atoms with Crippen LogP contribution in [0, 0.1) is 5.82 Å². The van der Waals surface area contributed by atoms with Crippen molar-refractivity contribution in [1.82, 2.24) is 4.90 Å². The summed E-state index contributed by atoms with van der Waals surface area (Å²) in [6.07, 6.45) is 0.673. The van der Waals surface area contributed by atoms with E-state index in [0.29, 0.717) is 24.3 Å². The van der Waals surface area contributed by atoms with Crippen molar-refractivity contribution < 1.29 is 24.1 Å². The quantitative estimate of drug-likeness (QED) is 0.844. The summed E-state index contributed by atoms with van der Waals surface area (Å²) in [6, 6.07) is 11.8. The third-order valence-electron chi connectivity index (χ3n) is 5.90. The summed E-state index contributed by atoms with van der Waals surface area (Å²) < 4.78 is 24.9. The Morgan fingerprint density at radius 2 is 2.04 bits per heavy atom. The summed E-state index contributed by atoms with van der Waals surface area (Å²) in [5.41, 5.74) is 0.934. The molecule has 0 aliphatic carbocycles. The molecule has 2 aliphatic heterocycles. The molecule has 2 aromatic carbocycles. The summed E-state index contributed by atoms with van der Waals surface area (Å²) in [4.78, 5) is 2.21. The predicted molar refractivity (Wildman–Crippen MR) is 103 cm³/mol. The number of aliphatic hydroxyl groups excluding tert-OH is 2. The predicted octanol–water partition coefficient (Wildman–Crippen LogP) is 3.22. The lowest BCUT2D eigenvalue weighted by molar-refractivity contribution is -0.0589. The van der Waals surface area contributed by atoms with Gasteiger partial charge in [0.05, 0.1) is 19.3 Å². The van der Waals surface area contributed by atoms with Crippen LogP contribution >= 0.6 is 0 Å². The highest BCUT2D eigenvalue weighted by Gasteiger charge is 2.43. The summed E-state index contributed by atoms with van der Waals surface area (Å²) in [5.74, 6) is 0.942. The zero-order valence-corrected chi connectivity index (χ0v) is 16.0. The van der Waals surface area contributed by atoms with E-state index in [9.17, 15) is 14.6 Å². The van der Waals surface area contributed by atoms with E-state index in [1.165, 1.54) is 12.1 Å². The molecule has 0 saturated carbocycles. The summed E-state index contributed by atoms with van der Waals surface area (Å²) >= 11 is 0. The number of halogens is 1. The van der Waals surface area contributed by atoms with Gasteiger partial charge in [0.1, 0.15) is 22.9 Å². The molecule has 150 valence electrons. The largest absolute Gasteiger partial charge is 0.497 e.